The summed E-state index contributed by atoms with van der Waals surface area (Å²) < 4.78 is 19.3. The van der Waals surface area contributed by atoms with Gasteiger partial charge in [-0.1, -0.05) is 12.1 Å². The molecule has 0 saturated heterocycles. The molecule has 3 aromatic rings. The molecule has 0 atom stereocenters. The first-order chi connectivity index (χ1) is 10.6. The molecule has 110 valence electrons. The van der Waals surface area contributed by atoms with Gasteiger partial charge in [0.25, 0.3) is 5.24 Å². The van der Waals surface area contributed by atoms with Gasteiger partial charge in [-0.25, -0.2) is 9.37 Å². The lowest BCUT2D eigenvalue weighted by Gasteiger charge is -2.10. The molecule has 0 bridgehead atoms. The van der Waals surface area contributed by atoms with Crippen molar-refractivity contribution in [2.75, 3.05) is 7.11 Å². The molecule has 0 aliphatic heterocycles. The minimum Gasteiger partial charge on any atom is -0.496 e. The maximum absolute atomic E-state index is 14.0. The Morgan fingerprint density at radius 3 is 2.64 bits per heavy atom. The van der Waals surface area contributed by atoms with Crippen molar-refractivity contribution in [2.24, 2.45) is 0 Å². The van der Waals surface area contributed by atoms with Crippen LogP contribution in [0.3, 0.4) is 0 Å². The summed E-state index contributed by atoms with van der Waals surface area (Å²) in [6.07, 6.45) is 0. The highest BCUT2D eigenvalue weighted by molar-refractivity contribution is 6.67. The molecule has 22 heavy (non-hydrogen) atoms. The summed E-state index contributed by atoms with van der Waals surface area (Å²) in [7, 11) is 1.53. The number of nitrogens with zero attached hydrogens (tertiary/aromatic N) is 1. The predicted octanol–water partition coefficient (Wildman–Crippen LogP) is 4.43. The Hall–Kier alpha value is -2.46. The van der Waals surface area contributed by atoms with E-state index in [1.165, 1.54) is 13.2 Å². The molecule has 0 spiro atoms. The van der Waals surface area contributed by atoms with Crippen molar-refractivity contribution in [1.82, 2.24) is 4.98 Å². The number of carbonyl (C=O) groups excluding carboxylic acids is 1. The number of fused-ring (bicyclic) bond motifs is 1. The van der Waals surface area contributed by atoms with Crippen molar-refractivity contribution in [3.05, 3.63) is 59.9 Å². The summed E-state index contributed by atoms with van der Waals surface area (Å²) in [5, 5.41) is 0.156. The van der Waals surface area contributed by atoms with Crippen LogP contribution < -0.4 is 4.74 Å². The number of benzene rings is 2. The Bertz CT molecular complexity index is 880. The van der Waals surface area contributed by atoms with Crippen LogP contribution in [0.2, 0.25) is 0 Å². The van der Waals surface area contributed by atoms with Gasteiger partial charge in [-0.15, -0.1) is 0 Å². The fourth-order valence-corrected chi connectivity index (χ4v) is 2.41. The van der Waals surface area contributed by atoms with Gasteiger partial charge < -0.3 is 4.74 Å². The van der Waals surface area contributed by atoms with E-state index in [1.807, 2.05) is 0 Å². The van der Waals surface area contributed by atoms with Crippen LogP contribution in [0.1, 0.15) is 10.4 Å². The zero-order valence-electron chi connectivity index (χ0n) is 11.6. The van der Waals surface area contributed by atoms with Gasteiger partial charge in [0, 0.05) is 22.6 Å². The molecule has 0 radical (unpaired) electrons. The fourth-order valence-electron chi connectivity index (χ4n) is 2.29. The summed E-state index contributed by atoms with van der Waals surface area (Å²) in [5.74, 6) is 0.179. The molecule has 2 aromatic carbocycles. The lowest BCUT2D eigenvalue weighted by atomic mass is 10.1. The summed E-state index contributed by atoms with van der Waals surface area (Å²) in [4.78, 5) is 15.7. The molecule has 0 aliphatic carbocycles. The molecule has 3 nitrogen and oxygen atoms in total. The number of ether oxygens (including phenoxy) is 1. The van der Waals surface area contributed by atoms with Crippen LogP contribution in [0.4, 0.5) is 4.39 Å². The molecular weight excluding hydrogens is 305 g/mol. The van der Waals surface area contributed by atoms with Crippen LogP contribution in [0.15, 0.2) is 48.5 Å². The quantitative estimate of drug-likeness (QED) is 0.671. The summed E-state index contributed by atoms with van der Waals surface area (Å²) in [6, 6.07) is 12.9. The second-order valence-corrected chi connectivity index (χ2v) is 5.04. The minimum atomic E-state index is -0.570. The number of aromatic nitrogens is 1. The van der Waals surface area contributed by atoms with Crippen LogP contribution in [0.25, 0.3) is 22.2 Å². The summed E-state index contributed by atoms with van der Waals surface area (Å²) in [5.41, 5.74) is 1.64. The van der Waals surface area contributed by atoms with Gasteiger partial charge in [-0.3, -0.25) is 4.79 Å². The molecule has 5 heteroatoms. The standard InChI is InChI=1S/C17H11ClFNO2/c1-22-16-9-15(11-4-2-3-5-13(11)19)20-14-8-10(17(18)21)6-7-12(14)16/h2-9H,1H3. The van der Waals surface area contributed by atoms with Crippen molar-refractivity contribution in [3.8, 4) is 17.0 Å². The lowest BCUT2D eigenvalue weighted by molar-refractivity contribution is 0.108. The van der Waals surface area contributed by atoms with Gasteiger partial charge in [0.05, 0.1) is 18.3 Å². The molecule has 0 fully saturated rings. The van der Waals surface area contributed by atoms with Crippen molar-refractivity contribution < 1.29 is 13.9 Å². The molecule has 1 heterocycles. The predicted molar refractivity (Wildman–Crippen MR) is 83.9 cm³/mol. The van der Waals surface area contributed by atoms with Crippen LogP contribution in [-0.2, 0) is 0 Å². The average molecular weight is 316 g/mol. The van der Waals surface area contributed by atoms with Crippen LogP contribution in [-0.4, -0.2) is 17.3 Å². The first kappa shape index (κ1) is 14.5. The number of hydrogen-bond acceptors (Lipinski definition) is 3. The third kappa shape index (κ3) is 2.53. The van der Waals surface area contributed by atoms with E-state index in [1.54, 1.807) is 42.5 Å². The van der Waals surface area contributed by atoms with E-state index in [-0.39, 0.29) is 5.82 Å². The minimum absolute atomic E-state index is 0.328. The van der Waals surface area contributed by atoms with E-state index in [0.717, 1.165) is 5.39 Å². The Kier molecular flexibility index (Phi) is 3.77. The zero-order chi connectivity index (χ0) is 15.7. The number of carbonyl (C=O) groups is 1. The van der Waals surface area contributed by atoms with Gasteiger partial charge in [0.2, 0.25) is 0 Å². The fraction of sp³-hybridized carbons (Fsp3) is 0.0588. The van der Waals surface area contributed by atoms with Crippen LogP contribution in [0.5, 0.6) is 5.75 Å². The maximum Gasteiger partial charge on any atom is 0.252 e. The first-order valence-electron chi connectivity index (χ1n) is 6.53. The second-order valence-electron chi connectivity index (χ2n) is 4.70. The van der Waals surface area contributed by atoms with Gasteiger partial charge in [0.15, 0.2) is 0 Å². The van der Waals surface area contributed by atoms with Crippen molar-refractivity contribution >= 4 is 27.7 Å². The van der Waals surface area contributed by atoms with Crippen LogP contribution >= 0.6 is 11.6 Å². The molecule has 0 saturated carbocycles. The number of methoxy groups -OCH3 is 1. The smallest absolute Gasteiger partial charge is 0.252 e. The average Bonchev–Trinajstić information content (AvgIpc) is 2.53. The Labute approximate surface area is 131 Å². The lowest BCUT2D eigenvalue weighted by Crippen LogP contribution is -1.95. The van der Waals surface area contributed by atoms with E-state index >= 15 is 0 Å². The third-order valence-electron chi connectivity index (χ3n) is 3.37. The SMILES string of the molecule is COc1cc(-c2ccccc2F)nc2cc(C(=O)Cl)ccc12. The van der Waals surface area contributed by atoms with Crippen molar-refractivity contribution in [1.29, 1.82) is 0 Å². The number of pyridine rings is 1. The zero-order valence-corrected chi connectivity index (χ0v) is 12.4. The highest BCUT2D eigenvalue weighted by Crippen LogP contribution is 2.31. The van der Waals surface area contributed by atoms with Gasteiger partial charge in [-0.2, -0.15) is 0 Å². The molecule has 3 rings (SSSR count). The van der Waals surface area contributed by atoms with Crippen LogP contribution in [0, 0.1) is 5.82 Å². The number of halogens is 2. The molecule has 0 unspecified atom stereocenters. The second kappa shape index (κ2) is 5.73. The molecule has 0 aliphatic rings. The Morgan fingerprint density at radius 2 is 1.95 bits per heavy atom. The normalized spacial score (nSPS) is 10.7. The van der Waals surface area contributed by atoms with E-state index < -0.39 is 5.24 Å². The summed E-state index contributed by atoms with van der Waals surface area (Å²) in [6.45, 7) is 0. The molecule has 0 amide bonds. The first-order valence-corrected chi connectivity index (χ1v) is 6.91. The maximum atomic E-state index is 14.0. The van der Waals surface area contributed by atoms with E-state index in [9.17, 15) is 9.18 Å². The van der Waals surface area contributed by atoms with Gasteiger partial charge in [0.1, 0.15) is 11.6 Å². The molecule has 0 N–H and O–H groups in total. The van der Waals surface area contributed by atoms with E-state index in [0.29, 0.717) is 28.1 Å². The molecular formula is C17H11ClFNO2. The Balaban J connectivity index is 2.28. The topological polar surface area (TPSA) is 39.2 Å². The monoisotopic (exact) mass is 315 g/mol. The molecule has 1 aromatic heterocycles. The number of hydrogen-bond donors (Lipinski definition) is 0. The largest absolute Gasteiger partial charge is 0.496 e. The highest BCUT2D eigenvalue weighted by Gasteiger charge is 2.12. The summed E-state index contributed by atoms with van der Waals surface area (Å²) >= 11 is 5.50. The highest BCUT2D eigenvalue weighted by atomic mass is 35.5. The van der Waals surface area contributed by atoms with Crippen molar-refractivity contribution in [3.63, 3.8) is 0 Å². The van der Waals surface area contributed by atoms with E-state index in [4.69, 9.17) is 16.3 Å². The Morgan fingerprint density at radius 1 is 1.18 bits per heavy atom. The number of rotatable bonds is 3. The van der Waals surface area contributed by atoms with Gasteiger partial charge >= 0.3 is 0 Å². The van der Waals surface area contributed by atoms with E-state index in [2.05, 4.69) is 4.98 Å². The van der Waals surface area contributed by atoms with Crippen molar-refractivity contribution in [2.45, 2.75) is 0 Å². The third-order valence-corrected chi connectivity index (χ3v) is 3.59. The van der Waals surface area contributed by atoms with Gasteiger partial charge in [-0.05, 0) is 41.9 Å².